The molecule has 0 saturated carbocycles. The van der Waals surface area contributed by atoms with Crippen LogP contribution in [0.5, 0.6) is 0 Å². The summed E-state index contributed by atoms with van der Waals surface area (Å²) in [5, 5.41) is 3.61. The molecule has 0 bridgehead atoms. The first-order valence-corrected chi connectivity index (χ1v) is 7.65. The van der Waals surface area contributed by atoms with Crippen molar-refractivity contribution >= 4 is 28.3 Å². The molecule has 2 aromatic carbocycles. The Morgan fingerprint density at radius 3 is 2.26 bits per heavy atom. The van der Waals surface area contributed by atoms with Crippen LogP contribution in [0, 0.1) is 24.3 Å². The van der Waals surface area contributed by atoms with Crippen molar-refractivity contribution in [2.75, 3.05) is 5.32 Å². The minimum atomic E-state index is 0.315. The predicted octanol–water partition coefficient (Wildman–Crippen LogP) is 5.39. The first-order valence-electron chi connectivity index (χ1n) is 6.58. The molecule has 0 saturated heterocycles. The van der Waals surface area contributed by atoms with E-state index < -0.39 is 0 Å². The fraction of sp³-hybridized carbons (Fsp3) is 0.294. The molecular formula is C17H20IN. The quantitative estimate of drug-likeness (QED) is 0.720. The van der Waals surface area contributed by atoms with Crippen molar-refractivity contribution in [1.82, 2.24) is 0 Å². The Balaban J connectivity index is 2.28. The lowest BCUT2D eigenvalue weighted by Crippen LogP contribution is -2.09. The molecule has 19 heavy (non-hydrogen) atoms. The highest BCUT2D eigenvalue weighted by Crippen LogP contribution is 2.27. The van der Waals surface area contributed by atoms with E-state index in [1.165, 1.54) is 31.5 Å². The van der Waals surface area contributed by atoms with Gasteiger partial charge < -0.3 is 5.32 Å². The van der Waals surface area contributed by atoms with Crippen molar-refractivity contribution in [1.29, 1.82) is 0 Å². The van der Waals surface area contributed by atoms with Crippen molar-refractivity contribution in [2.24, 2.45) is 0 Å². The second-order valence-corrected chi connectivity index (χ2v) is 6.30. The molecule has 0 amide bonds. The van der Waals surface area contributed by atoms with E-state index in [-0.39, 0.29) is 0 Å². The molecule has 0 fully saturated rings. The maximum atomic E-state index is 3.61. The summed E-state index contributed by atoms with van der Waals surface area (Å²) in [6.07, 6.45) is 0. The van der Waals surface area contributed by atoms with E-state index in [4.69, 9.17) is 0 Å². The van der Waals surface area contributed by atoms with E-state index in [0.29, 0.717) is 6.04 Å². The molecule has 0 aliphatic heterocycles. The van der Waals surface area contributed by atoms with Crippen molar-refractivity contribution in [3.63, 3.8) is 0 Å². The van der Waals surface area contributed by atoms with E-state index in [1.807, 2.05) is 0 Å². The van der Waals surface area contributed by atoms with Crippen LogP contribution in [-0.2, 0) is 0 Å². The standard InChI is InChI=1S/C17H20IN/c1-11-9-13(3)15(10-12(11)2)14(4)19-17-8-6-5-7-16(17)18/h5-10,14,19H,1-4H3. The van der Waals surface area contributed by atoms with Crippen molar-refractivity contribution in [3.8, 4) is 0 Å². The average molecular weight is 365 g/mol. The highest BCUT2D eigenvalue weighted by Gasteiger charge is 2.11. The fourth-order valence-electron chi connectivity index (χ4n) is 2.34. The van der Waals surface area contributed by atoms with Gasteiger partial charge in [0.05, 0.1) is 0 Å². The third-order valence-electron chi connectivity index (χ3n) is 3.59. The van der Waals surface area contributed by atoms with Crippen LogP contribution in [0.15, 0.2) is 36.4 Å². The lowest BCUT2D eigenvalue weighted by molar-refractivity contribution is 0.869. The third kappa shape index (κ3) is 3.30. The second kappa shape index (κ2) is 5.95. The molecule has 100 valence electrons. The molecule has 2 rings (SSSR count). The highest BCUT2D eigenvalue weighted by atomic mass is 127. The Kier molecular flexibility index (Phi) is 4.50. The van der Waals surface area contributed by atoms with Crippen LogP contribution in [0.2, 0.25) is 0 Å². The predicted molar refractivity (Wildman–Crippen MR) is 91.8 cm³/mol. The molecule has 0 aromatic heterocycles. The summed E-state index contributed by atoms with van der Waals surface area (Å²) in [4.78, 5) is 0. The molecule has 1 nitrogen and oxygen atoms in total. The monoisotopic (exact) mass is 365 g/mol. The zero-order chi connectivity index (χ0) is 14.0. The van der Waals surface area contributed by atoms with Gasteiger partial charge in [0, 0.05) is 15.3 Å². The fourth-order valence-corrected chi connectivity index (χ4v) is 2.88. The Labute approximate surface area is 129 Å². The summed E-state index contributed by atoms with van der Waals surface area (Å²) >= 11 is 2.37. The number of hydrogen-bond acceptors (Lipinski definition) is 1. The topological polar surface area (TPSA) is 12.0 Å². The Hall–Kier alpha value is -1.03. The van der Waals surface area contributed by atoms with Gasteiger partial charge in [0.15, 0.2) is 0 Å². The van der Waals surface area contributed by atoms with Crippen LogP contribution < -0.4 is 5.32 Å². The summed E-state index contributed by atoms with van der Waals surface area (Å²) in [7, 11) is 0. The van der Waals surface area contributed by atoms with Gasteiger partial charge in [-0.15, -0.1) is 0 Å². The Morgan fingerprint density at radius 2 is 1.58 bits per heavy atom. The molecule has 0 aliphatic rings. The van der Waals surface area contributed by atoms with Crippen molar-refractivity contribution in [3.05, 3.63) is 62.2 Å². The number of nitrogens with one attached hydrogen (secondary N) is 1. The lowest BCUT2D eigenvalue weighted by atomic mass is 9.96. The van der Waals surface area contributed by atoms with E-state index in [1.54, 1.807) is 0 Å². The number of rotatable bonds is 3. The molecular weight excluding hydrogens is 345 g/mol. The summed E-state index contributed by atoms with van der Waals surface area (Å²) in [5.74, 6) is 0. The van der Waals surface area contributed by atoms with Crippen molar-refractivity contribution in [2.45, 2.75) is 33.7 Å². The smallest absolute Gasteiger partial charge is 0.0488 e. The molecule has 0 aliphatic carbocycles. The number of aryl methyl sites for hydroxylation is 3. The first kappa shape index (κ1) is 14.4. The molecule has 1 unspecified atom stereocenters. The largest absolute Gasteiger partial charge is 0.378 e. The van der Waals surface area contributed by atoms with Crippen LogP contribution in [0.3, 0.4) is 0 Å². The van der Waals surface area contributed by atoms with Gasteiger partial charge in [0.2, 0.25) is 0 Å². The minimum Gasteiger partial charge on any atom is -0.378 e. The molecule has 0 spiro atoms. The van der Waals surface area contributed by atoms with Gasteiger partial charge in [-0.3, -0.25) is 0 Å². The van der Waals surface area contributed by atoms with Gasteiger partial charge in [-0.25, -0.2) is 0 Å². The summed E-state index contributed by atoms with van der Waals surface area (Å²) in [5.41, 5.74) is 6.66. The molecule has 2 heteroatoms. The van der Waals surface area contributed by atoms with E-state index in [2.05, 4.69) is 92.0 Å². The zero-order valence-corrected chi connectivity index (χ0v) is 14.1. The van der Waals surface area contributed by atoms with Gasteiger partial charge >= 0.3 is 0 Å². The SMILES string of the molecule is Cc1cc(C)c(C(C)Nc2ccccc2I)cc1C. The van der Waals surface area contributed by atoms with Gasteiger partial charge in [0.1, 0.15) is 0 Å². The summed E-state index contributed by atoms with van der Waals surface area (Å²) < 4.78 is 1.26. The zero-order valence-electron chi connectivity index (χ0n) is 11.9. The third-order valence-corrected chi connectivity index (χ3v) is 4.54. The Bertz CT molecular complexity index is 590. The summed E-state index contributed by atoms with van der Waals surface area (Å²) in [6, 6.07) is 13.3. The van der Waals surface area contributed by atoms with E-state index in [0.717, 1.165) is 0 Å². The molecule has 0 radical (unpaired) electrons. The number of benzene rings is 2. The number of hydrogen-bond donors (Lipinski definition) is 1. The highest BCUT2D eigenvalue weighted by molar-refractivity contribution is 14.1. The molecule has 1 atom stereocenters. The number of halogens is 1. The molecule has 2 aromatic rings. The Morgan fingerprint density at radius 1 is 0.947 bits per heavy atom. The normalized spacial score (nSPS) is 12.3. The van der Waals surface area contributed by atoms with Crippen LogP contribution in [0.25, 0.3) is 0 Å². The maximum Gasteiger partial charge on any atom is 0.0488 e. The maximum absolute atomic E-state index is 3.61. The second-order valence-electron chi connectivity index (χ2n) is 5.14. The number of para-hydroxylation sites is 1. The summed E-state index contributed by atoms with van der Waals surface area (Å²) in [6.45, 7) is 8.76. The van der Waals surface area contributed by atoms with E-state index in [9.17, 15) is 0 Å². The van der Waals surface area contributed by atoms with Gasteiger partial charge in [-0.2, -0.15) is 0 Å². The first-order chi connectivity index (χ1) is 8.99. The van der Waals surface area contributed by atoms with Crippen molar-refractivity contribution < 1.29 is 0 Å². The minimum absolute atomic E-state index is 0.315. The van der Waals surface area contributed by atoms with Gasteiger partial charge in [0.25, 0.3) is 0 Å². The van der Waals surface area contributed by atoms with Gasteiger partial charge in [-0.1, -0.05) is 24.3 Å². The van der Waals surface area contributed by atoms with E-state index >= 15 is 0 Å². The molecule has 1 N–H and O–H groups in total. The van der Waals surface area contributed by atoms with Gasteiger partial charge in [-0.05, 0) is 84.7 Å². The van der Waals surface area contributed by atoms with Crippen LogP contribution in [0.4, 0.5) is 5.69 Å². The average Bonchev–Trinajstić information content (AvgIpc) is 2.36. The van der Waals surface area contributed by atoms with Crippen LogP contribution in [0.1, 0.15) is 35.2 Å². The molecule has 0 heterocycles. The van der Waals surface area contributed by atoms with Crippen LogP contribution in [-0.4, -0.2) is 0 Å². The lowest BCUT2D eigenvalue weighted by Gasteiger charge is -2.20. The van der Waals surface area contributed by atoms with Crippen LogP contribution >= 0.6 is 22.6 Å². The number of anilines is 1.